The van der Waals surface area contributed by atoms with Gasteiger partial charge in [-0.3, -0.25) is 9.69 Å². The van der Waals surface area contributed by atoms with Crippen molar-refractivity contribution in [2.24, 2.45) is 17.4 Å². The second-order valence-corrected chi connectivity index (χ2v) is 4.56. The van der Waals surface area contributed by atoms with Gasteiger partial charge in [-0.2, -0.15) is 13.2 Å². The molecule has 0 aromatic carbocycles. The Labute approximate surface area is 98.1 Å². The lowest BCUT2D eigenvalue weighted by molar-refractivity contribution is -0.191. The molecule has 100 valence electrons. The summed E-state index contributed by atoms with van der Waals surface area (Å²) in [5.74, 6) is -0.748. The van der Waals surface area contributed by atoms with E-state index < -0.39 is 24.2 Å². The lowest BCUT2D eigenvalue weighted by Crippen LogP contribution is -2.57. The number of halogens is 3. The van der Waals surface area contributed by atoms with Crippen LogP contribution >= 0.6 is 0 Å². The van der Waals surface area contributed by atoms with Crippen molar-refractivity contribution in [1.29, 1.82) is 0 Å². The van der Waals surface area contributed by atoms with Crippen LogP contribution in [0.1, 0.15) is 19.8 Å². The zero-order chi connectivity index (χ0) is 13.2. The maximum absolute atomic E-state index is 12.8. The van der Waals surface area contributed by atoms with Crippen molar-refractivity contribution < 1.29 is 18.0 Å². The first-order valence-electron chi connectivity index (χ1n) is 5.59. The van der Waals surface area contributed by atoms with Crippen molar-refractivity contribution in [1.82, 2.24) is 4.90 Å². The predicted octanol–water partition coefficient (Wildman–Crippen LogP) is 0.462. The molecule has 7 heteroatoms. The van der Waals surface area contributed by atoms with E-state index in [4.69, 9.17) is 11.5 Å². The first-order chi connectivity index (χ1) is 7.73. The summed E-state index contributed by atoms with van der Waals surface area (Å²) in [7, 11) is 0. The van der Waals surface area contributed by atoms with Crippen LogP contribution in [0, 0.1) is 5.92 Å². The van der Waals surface area contributed by atoms with Crippen molar-refractivity contribution in [2.45, 2.75) is 38.0 Å². The van der Waals surface area contributed by atoms with Crippen LogP contribution in [0.3, 0.4) is 0 Å². The molecule has 0 spiro atoms. The van der Waals surface area contributed by atoms with E-state index in [0.717, 1.165) is 0 Å². The normalized spacial score (nSPS) is 23.4. The Kier molecular flexibility index (Phi) is 4.37. The number of rotatable bonds is 3. The Morgan fingerprint density at radius 1 is 1.35 bits per heavy atom. The zero-order valence-corrected chi connectivity index (χ0v) is 9.70. The largest absolute Gasteiger partial charge is 0.405 e. The van der Waals surface area contributed by atoms with Crippen LogP contribution in [0.2, 0.25) is 0 Å². The first kappa shape index (κ1) is 14.2. The molecule has 1 fully saturated rings. The number of alkyl halides is 3. The van der Waals surface area contributed by atoms with Gasteiger partial charge in [-0.05, 0) is 32.9 Å². The molecule has 4 N–H and O–H groups in total. The minimum absolute atomic E-state index is 0.208. The first-order valence-corrected chi connectivity index (χ1v) is 5.59. The number of carbonyl (C=O) groups is 1. The molecule has 1 aliphatic heterocycles. The molecule has 4 nitrogen and oxygen atoms in total. The Bertz CT molecular complexity index is 272. The van der Waals surface area contributed by atoms with Crippen molar-refractivity contribution >= 4 is 5.91 Å². The summed E-state index contributed by atoms with van der Waals surface area (Å²) in [4.78, 5) is 12.2. The lowest BCUT2D eigenvalue weighted by Gasteiger charge is -2.39. The molecule has 1 aliphatic rings. The lowest BCUT2D eigenvalue weighted by atomic mass is 9.94. The molecule has 1 heterocycles. The van der Waals surface area contributed by atoms with Crippen LogP contribution in [-0.4, -0.2) is 42.2 Å². The molecule has 1 saturated heterocycles. The summed E-state index contributed by atoms with van der Waals surface area (Å²) in [6.45, 7) is 1.76. The standard InChI is InChI=1S/C10H18F3N3O/c1-6(14)8(10(11,12)13)16-4-2-7(3-5-16)9(15)17/h6-8H,2-5,14H2,1H3,(H2,15,17). The van der Waals surface area contributed by atoms with Crippen molar-refractivity contribution in [3.05, 3.63) is 0 Å². The zero-order valence-electron chi connectivity index (χ0n) is 9.70. The fourth-order valence-corrected chi connectivity index (χ4v) is 2.30. The number of likely N-dealkylation sites (tertiary alicyclic amines) is 1. The molecular formula is C10H18F3N3O. The second kappa shape index (κ2) is 5.22. The predicted molar refractivity (Wildman–Crippen MR) is 57.0 cm³/mol. The summed E-state index contributed by atoms with van der Waals surface area (Å²) >= 11 is 0. The van der Waals surface area contributed by atoms with Gasteiger partial charge < -0.3 is 11.5 Å². The van der Waals surface area contributed by atoms with E-state index in [1.54, 1.807) is 0 Å². The smallest absolute Gasteiger partial charge is 0.369 e. The number of primary amides is 1. The molecule has 0 aromatic heterocycles. The Morgan fingerprint density at radius 2 is 1.82 bits per heavy atom. The number of hydrogen-bond acceptors (Lipinski definition) is 3. The van der Waals surface area contributed by atoms with Gasteiger partial charge in [-0.15, -0.1) is 0 Å². The van der Waals surface area contributed by atoms with Crippen LogP contribution in [0.25, 0.3) is 0 Å². The maximum Gasteiger partial charge on any atom is 0.405 e. The minimum atomic E-state index is -4.34. The number of amides is 1. The fourth-order valence-electron chi connectivity index (χ4n) is 2.30. The van der Waals surface area contributed by atoms with E-state index in [2.05, 4.69) is 0 Å². The quantitative estimate of drug-likeness (QED) is 0.767. The van der Waals surface area contributed by atoms with Crippen molar-refractivity contribution in [3.8, 4) is 0 Å². The molecule has 0 bridgehead atoms. The third-order valence-electron chi connectivity index (χ3n) is 3.16. The van der Waals surface area contributed by atoms with Gasteiger partial charge in [0.25, 0.3) is 0 Å². The number of nitrogens with two attached hydrogens (primary N) is 2. The number of piperidine rings is 1. The van der Waals surface area contributed by atoms with E-state index in [1.165, 1.54) is 11.8 Å². The monoisotopic (exact) mass is 253 g/mol. The van der Waals surface area contributed by atoms with E-state index >= 15 is 0 Å². The van der Waals surface area contributed by atoms with Crippen molar-refractivity contribution in [2.75, 3.05) is 13.1 Å². The van der Waals surface area contributed by atoms with Crippen LogP contribution < -0.4 is 11.5 Å². The van der Waals surface area contributed by atoms with Gasteiger partial charge in [0.15, 0.2) is 0 Å². The molecule has 2 atom stereocenters. The second-order valence-electron chi connectivity index (χ2n) is 4.56. The number of hydrogen-bond donors (Lipinski definition) is 2. The van der Waals surface area contributed by atoms with Gasteiger partial charge in [-0.1, -0.05) is 0 Å². The van der Waals surface area contributed by atoms with E-state index in [0.29, 0.717) is 12.8 Å². The van der Waals surface area contributed by atoms with E-state index in [1.807, 2.05) is 0 Å². The van der Waals surface area contributed by atoms with Crippen LogP contribution in [0.5, 0.6) is 0 Å². The average molecular weight is 253 g/mol. The summed E-state index contributed by atoms with van der Waals surface area (Å²) in [5, 5.41) is 0. The molecule has 0 saturated carbocycles. The molecule has 17 heavy (non-hydrogen) atoms. The van der Waals surface area contributed by atoms with Gasteiger partial charge in [0.05, 0.1) is 0 Å². The van der Waals surface area contributed by atoms with Gasteiger partial charge in [0, 0.05) is 12.0 Å². The number of carbonyl (C=O) groups excluding carboxylic acids is 1. The summed E-state index contributed by atoms with van der Waals surface area (Å²) in [6.07, 6.45) is -3.60. The average Bonchev–Trinajstić information content (AvgIpc) is 2.15. The molecular weight excluding hydrogens is 235 g/mol. The SMILES string of the molecule is CC(N)C(N1CCC(C(N)=O)CC1)C(F)(F)F. The summed E-state index contributed by atoms with van der Waals surface area (Å²) in [5.41, 5.74) is 10.5. The maximum atomic E-state index is 12.8. The van der Waals surface area contributed by atoms with Crippen LogP contribution in [0.15, 0.2) is 0 Å². The van der Waals surface area contributed by atoms with E-state index in [-0.39, 0.29) is 19.0 Å². The summed E-state index contributed by atoms with van der Waals surface area (Å²) < 4.78 is 38.4. The van der Waals surface area contributed by atoms with Gasteiger partial charge in [0.2, 0.25) is 5.91 Å². The molecule has 1 rings (SSSR count). The third kappa shape index (κ3) is 3.57. The van der Waals surface area contributed by atoms with Crippen LogP contribution in [-0.2, 0) is 4.79 Å². The highest BCUT2D eigenvalue weighted by atomic mass is 19.4. The topological polar surface area (TPSA) is 72.3 Å². The highest BCUT2D eigenvalue weighted by molar-refractivity contribution is 5.76. The van der Waals surface area contributed by atoms with Gasteiger partial charge in [0.1, 0.15) is 6.04 Å². The minimum Gasteiger partial charge on any atom is -0.369 e. The highest BCUT2D eigenvalue weighted by Crippen LogP contribution is 2.30. The van der Waals surface area contributed by atoms with E-state index in [9.17, 15) is 18.0 Å². The Balaban J connectivity index is 2.65. The fraction of sp³-hybridized carbons (Fsp3) is 0.900. The molecule has 2 unspecified atom stereocenters. The molecule has 0 aliphatic carbocycles. The number of nitrogens with zero attached hydrogens (tertiary/aromatic N) is 1. The van der Waals surface area contributed by atoms with Crippen LogP contribution in [0.4, 0.5) is 13.2 Å². The van der Waals surface area contributed by atoms with Gasteiger partial charge >= 0.3 is 6.18 Å². The third-order valence-corrected chi connectivity index (χ3v) is 3.16. The Morgan fingerprint density at radius 3 is 2.12 bits per heavy atom. The Hall–Kier alpha value is -0.820. The molecule has 0 radical (unpaired) electrons. The van der Waals surface area contributed by atoms with Gasteiger partial charge in [-0.25, -0.2) is 0 Å². The summed E-state index contributed by atoms with van der Waals surface area (Å²) in [6, 6.07) is -2.63. The van der Waals surface area contributed by atoms with Crippen molar-refractivity contribution in [3.63, 3.8) is 0 Å². The highest BCUT2D eigenvalue weighted by Gasteiger charge is 2.46. The molecule has 1 amide bonds. The molecule has 0 aromatic rings.